The lowest BCUT2D eigenvalue weighted by atomic mass is 10.0. The molecule has 1 aromatic heterocycles. The number of hydrogen-bond donors (Lipinski definition) is 1. The van der Waals surface area contributed by atoms with Gasteiger partial charge in [-0.1, -0.05) is 29.4 Å². The first kappa shape index (κ1) is 15.8. The minimum atomic E-state index is -0.211. The lowest BCUT2D eigenvalue weighted by Gasteiger charge is -2.09. The zero-order valence-corrected chi connectivity index (χ0v) is 13.8. The van der Waals surface area contributed by atoms with Crippen LogP contribution in [0.2, 0.25) is 0 Å². The van der Waals surface area contributed by atoms with Gasteiger partial charge in [-0.3, -0.25) is 4.79 Å². The number of hydrogen-bond acceptors (Lipinski definition) is 4. The molecule has 0 radical (unpaired) electrons. The number of carbonyl (C=O) groups is 1. The third-order valence-corrected chi connectivity index (χ3v) is 3.82. The van der Waals surface area contributed by atoms with Gasteiger partial charge in [0.2, 0.25) is 0 Å². The average molecular weight is 322 g/mol. The molecule has 1 amide bonds. The fourth-order valence-electron chi connectivity index (χ4n) is 2.65. The van der Waals surface area contributed by atoms with Crippen molar-refractivity contribution in [3.8, 4) is 16.9 Å². The first-order valence-corrected chi connectivity index (χ1v) is 7.58. The summed E-state index contributed by atoms with van der Waals surface area (Å²) < 4.78 is 10.4. The number of nitrogens with one attached hydrogen (secondary N) is 1. The maximum atomic E-state index is 12.4. The second-order valence-electron chi connectivity index (χ2n) is 5.43. The number of aromatic nitrogens is 1. The van der Waals surface area contributed by atoms with Crippen molar-refractivity contribution in [3.05, 3.63) is 65.5 Å². The molecule has 0 saturated carbocycles. The number of amides is 1. The van der Waals surface area contributed by atoms with Gasteiger partial charge in [-0.2, -0.15) is 0 Å². The van der Waals surface area contributed by atoms with E-state index in [1.807, 2.05) is 44.2 Å². The Bertz CT molecular complexity index is 847. The summed E-state index contributed by atoms with van der Waals surface area (Å²) in [6, 6.07) is 14.7. The van der Waals surface area contributed by atoms with E-state index in [2.05, 4.69) is 10.5 Å². The highest BCUT2D eigenvalue weighted by Crippen LogP contribution is 2.28. The number of ether oxygens (including phenoxy) is 1. The fraction of sp³-hybridized carbons (Fsp3) is 0.158. The maximum absolute atomic E-state index is 12.4. The highest BCUT2D eigenvalue weighted by molar-refractivity contribution is 6.06. The molecule has 0 saturated heterocycles. The molecule has 0 aliphatic rings. The Morgan fingerprint density at radius 1 is 1.08 bits per heavy atom. The number of carbonyl (C=O) groups excluding carboxylic acids is 1. The molecule has 0 spiro atoms. The molecule has 5 nitrogen and oxygen atoms in total. The van der Waals surface area contributed by atoms with Crippen LogP contribution in [0.15, 0.2) is 53.1 Å². The predicted molar refractivity (Wildman–Crippen MR) is 92.4 cm³/mol. The Morgan fingerprint density at radius 3 is 2.42 bits per heavy atom. The molecular formula is C19H18N2O3. The van der Waals surface area contributed by atoms with E-state index >= 15 is 0 Å². The van der Waals surface area contributed by atoms with Gasteiger partial charge in [0, 0.05) is 11.3 Å². The van der Waals surface area contributed by atoms with Crippen LogP contribution < -0.4 is 10.1 Å². The summed E-state index contributed by atoms with van der Waals surface area (Å²) in [5.41, 5.74) is 4.04. The van der Waals surface area contributed by atoms with Crippen molar-refractivity contribution < 1.29 is 14.1 Å². The van der Waals surface area contributed by atoms with Crippen LogP contribution in [0.1, 0.15) is 21.8 Å². The molecule has 1 N–H and O–H groups in total. The fourth-order valence-corrected chi connectivity index (χ4v) is 2.65. The Morgan fingerprint density at radius 2 is 1.79 bits per heavy atom. The monoisotopic (exact) mass is 322 g/mol. The number of rotatable bonds is 4. The number of benzene rings is 2. The third-order valence-electron chi connectivity index (χ3n) is 3.82. The van der Waals surface area contributed by atoms with Crippen LogP contribution in [0.4, 0.5) is 5.69 Å². The zero-order valence-electron chi connectivity index (χ0n) is 13.8. The summed E-state index contributed by atoms with van der Waals surface area (Å²) in [4.78, 5) is 12.4. The molecule has 24 heavy (non-hydrogen) atoms. The number of para-hydroxylation sites is 1. The van der Waals surface area contributed by atoms with Crippen molar-refractivity contribution >= 4 is 11.6 Å². The highest BCUT2D eigenvalue weighted by atomic mass is 16.5. The van der Waals surface area contributed by atoms with E-state index < -0.39 is 0 Å². The SMILES string of the molecule is COc1ccccc1C(=O)Nc1ccc(-c2c(C)noc2C)cc1. The number of anilines is 1. The Kier molecular flexibility index (Phi) is 4.33. The van der Waals surface area contributed by atoms with Crippen LogP contribution in [0, 0.1) is 13.8 Å². The summed E-state index contributed by atoms with van der Waals surface area (Å²) in [5.74, 6) is 1.11. The Labute approximate surface area is 140 Å². The van der Waals surface area contributed by atoms with Crippen molar-refractivity contribution in [1.29, 1.82) is 0 Å². The molecule has 0 fully saturated rings. The van der Waals surface area contributed by atoms with Crippen LogP contribution in [-0.2, 0) is 0 Å². The first-order chi connectivity index (χ1) is 11.6. The summed E-state index contributed by atoms with van der Waals surface area (Å²) >= 11 is 0. The van der Waals surface area contributed by atoms with Crippen molar-refractivity contribution in [2.75, 3.05) is 12.4 Å². The van der Waals surface area contributed by atoms with E-state index in [0.29, 0.717) is 17.0 Å². The van der Waals surface area contributed by atoms with Gasteiger partial charge in [-0.15, -0.1) is 0 Å². The van der Waals surface area contributed by atoms with E-state index in [0.717, 1.165) is 22.6 Å². The van der Waals surface area contributed by atoms with Gasteiger partial charge >= 0.3 is 0 Å². The minimum absolute atomic E-state index is 0.211. The first-order valence-electron chi connectivity index (χ1n) is 7.58. The smallest absolute Gasteiger partial charge is 0.259 e. The maximum Gasteiger partial charge on any atom is 0.259 e. The second kappa shape index (κ2) is 6.58. The molecule has 1 heterocycles. The molecule has 122 valence electrons. The third kappa shape index (κ3) is 3.01. The number of methoxy groups -OCH3 is 1. The minimum Gasteiger partial charge on any atom is -0.496 e. The molecule has 3 aromatic rings. The largest absolute Gasteiger partial charge is 0.496 e. The van der Waals surface area contributed by atoms with Gasteiger partial charge in [-0.25, -0.2) is 0 Å². The van der Waals surface area contributed by atoms with E-state index in [1.165, 1.54) is 0 Å². The van der Waals surface area contributed by atoms with Crippen molar-refractivity contribution in [3.63, 3.8) is 0 Å². The molecule has 3 rings (SSSR count). The molecule has 0 aliphatic heterocycles. The van der Waals surface area contributed by atoms with Crippen molar-refractivity contribution in [2.45, 2.75) is 13.8 Å². The van der Waals surface area contributed by atoms with Gasteiger partial charge < -0.3 is 14.6 Å². The van der Waals surface area contributed by atoms with E-state index in [1.54, 1.807) is 25.3 Å². The van der Waals surface area contributed by atoms with Gasteiger partial charge in [0.15, 0.2) is 0 Å². The summed E-state index contributed by atoms with van der Waals surface area (Å²) in [5, 5.41) is 6.84. The second-order valence-corrected chi connectivity index (χ2v) is 5.43. The van der Waals surface area contributed by atoms with E-state index in [-0.39, 0.29) is 5.91 Å². The van der Waals surface area contributed by atoms with Gasteiger partial charge in [0.25, 0.3) is 5.91 Å². The van der Waals surface area contributed by atoms with Crippen LogP contribution >= 0.6 is 0 Å². The number of aryl methyl sites for hydroxylation is 2. The van der Waals surface area contributed by atoms with Gasteiger partial charge in [0.1, 0.15) is 11.5 Å². The normalized spacial score (nSPS) is 10.5. The highest BCUT2D eigenvalue weighted by Gasteiger charge is 2.13. The van der Waals surface area contributed by atoms with E-state index in [4.69, 9.17) is 9.26 Å². The van der Waals surface area contributed by atoms with Crippen LogP contribution in [-0.4, -0.2) is 18.2 Å². The standard InChI is InChI=1S/C19H18N2O3/c1-12-18(13(2)24-21-12)14-8-10-15(11-9-14)20-19(22)16-6-4-5-7-17(16)23-3/h4-11H,1-3H3,(H,20,22). The van der Waals surface area contributed by atoms with Crippen LogP contribution in [0.25, 0.3) is 11.1 Å². The van der Waals surface area contributed by atoms with Crippen molar-refractivity contribution in [2.24, 2.45) is 0 Å². The molecular weight excluding hydrogens is 304 g/mol. The molecule has 0 bridgehead atoms. The quantitative estimate of drug-likeness (QED) is 0.781. The molecule has 2 aromatic carbocycles. The number of nitrogens with zero attached hydrogens (tertiary/aromatic N) is 1. The average Bonchev–Trinajstić information content (AvgIpc) is 2.94. The Balaban J connectivity index is 1.81. The summed E-state index contributed by atoms with van der Waals surface area (Å²) in [7, 11) is 1.55. The molecule has 0 unspecified atom stereocenters. The molecule has 0 aliphatic carbocycles. The van der Waals surface area contributed by atoms with Crippen molar-refractivity contribution in [1.82, 2.24) is 5.16 Å². The van der Waals surface area contributed by atoms with Crippen LogP contribution in [0.5, 0.6) is 5.75 Å². The summed E-state index contributed by atoms with van der Waals surface area (Å²) in [6.45, 7) is 3.79. The van der Waals surface area contributed by atoms with Gasteiger partial charge in [-0.05, 0) is 43.7 Å². The lowest BCUT2D eigenvalue weighted by Crippen LogP contribution is -2.13. The topological polar surface area (TPSA) is 64.4 Å². The van der Waals surface area contributed by atoms with Gasteiger partial charge in [0.05, 0.1) is 18.4 Å². The predicted octanol–water partition coefficient (Wildman–Crippen LogP) is 4.22. The lowest BCUT2D eigenvalue weighted by molar-refractivity contribution is 0.102. The summed E-state index contributed by atoms with van der Waals surface area (Å²) in [6.07, 6.45) is 0. The molecule has 0 atom stereocenters. The Hall–Kier alpha value is -3.08. The van der Waals surface area contributed by atoms with E-state index in [9.17, 15) is 4.79 Å². The molecule has 5 heteroatoms. The zero-order chi connectivity index (χ0) is 17.1. The van der Waals surface area contributed by atoms with Crippen LogP contribution in [0.3, 0.4) is 0 Å².